The highest BCUT2D eigenvalue weighted by molar-refractivity contribution is 5.71. The van der Waals surface area contributed by atoms with Gasteiger partial charge in [-0.1, -0.05) is 189 Å². The fourth-order valence-corrected chi connectivity index (χ4v) is 6.18. The number of hydrogen-bond acceptors (Lipinski definition) is 6. The minimum atomic E-state index is -0.811. The van der Waals surface area contributed by atoms with Crippen LogP contribution in [0.5, 0.6) is 0 Å². The van der Waals surface area contributed by atoms with Gasteiger partial charge in [-0.15, -0.1) is 0 Å². The third-order valence-corrected chi connectivity index (χ3v) is 9.69. The molecule has 0 aliphatic heterocycles. The van der Waals surface area contributed by atoms with Crippen molar-refractivity contribution in [3.8, 4) is 0 Å². The summed E-state index contributed by atoms with van der Waals surface area (Å²) in [4.78, 5) is 37.8. The lowest BCUT2D eigenvalue weighted by Crippen LogP contribution is -2.30. The maximum atomic E-state index is 12.7. The van der Waals surface area contributed by atoms with Crippen LogP contribution in [0.15, 0.2) is 85.1 Å². The Labute approximate surface area is 356 Å². The van der Waals surface area contributed by atoms with Crippen molar-refractivity contribution in [1.82, 2.24) is 0 Å². The van der Waals surface area contributed by atoms with Crippen molar-refractivity contribution in [3.05, 3.63) is 85.1 Å². The first-order valence-electron chi connectivity index (χ1n) is 23.6. The Balaban J connectivity index is 4.50. The molecule has 330 valence electrons. The molecule has 0 saturated heterocycles. The minimum Gasteiger partial charge on any atom is -0.462 e. The van der Waals surface area contributed by atoms with E-state index in [9.17, 15) is 14.4 Å². The summed E-state index contributed by atoms with van der Waals surface area (Å²) >= 11 is 0. The summed E-state index contributed by atoms with van der Waals surface area (Å²) < 4.78 is 16.7. The Morgan fingerprint density at radius 2 is 0.793 bits per heavy atom. The van der Waals surface area contributed by atoms with Crippen molar-refractivity contribution in [2.24, 2.45) is 0 Å². The van der Waals surface area contributed by atoms with Crippen molar-refractivity contribution in [1.29, 1.82) is 0 Å². The first-order chi connectivity index (χ1) is 28.5. The van der Waals surface area contributed by atoms with E-state index in [2.05, 4.69) is 93.7 Å². The molecule has 0 spiro atoms. The van der Waals surface area contributed by atoms with Crippen LogP contribution in [0.3, 0.4) is 0 Å². The van der Waals surface area contributed by atoms with Crippen LogP contribution >= 0.6 is 0 Å². The molecule has 0 N–H and O–H groups in total. The maximum absolute atomic E-state index is 12.7. The molecule has 0 aromatic rings. The molecule has 0 amide bonds. The summed E-state index contributed by atoms with van der Waals surface area (Å²) in [6, 6.07) is 0. The first-order valence-corrected chi connectivity index (χ1v) is 23.6. The maximum Gasteiger partial charge on any atom is 0.306 e. The van der Waals surface area contributed by atoms with Gasteiger partial charge in [-0.05, 0) is 83.5 Å². The molecular formula is C52H86O6. The second-order valence-corrected chi connectivity index (χ2v) is 15.3. The van der Waals surface area contributed by atoms with E-state index in [1.165, 1.54) is 64.2 Å². The smallest absolute Gasteiger partial charge is 0.306 e. The molecule has 6 heteroatoms. The Hall–Kier alpha value is -3.41. The van der Waals surface area contributed by atoms with Gasteiger partial charge in [-0.2, -0.15) is 0 Å². The topological polar surface area (TPSA) is 78.9 Å². The molecule has 0 aliphatic rings. The predicted molar refractivity (Wildman–Crippen MR) is 247 cm³/mol. The van der Waals surface area contributed by atoms with Crippen molar-refractivity contribution in [2.45, 2.75) is 213 Å². The fraction of sp³-hybridized carbons (Fsp3) is 0.673. The standard InChI is InChI=1S/C52H86O6/c1-4-7-10-13-16-19-22-25-28-30-33-36-39-42-45-51(54)57-48-49(58-52(55)46-43-40-37-34-31-27-24-21-18-15-12-9-6-3)47-56-50(53)44-41-38-35-32-29-26-23-20-17-14-11-8-5-2/h7,9-10,12,15-16,18-19,21,24,26,29,35,38,49H,4-6,8,11,13-14,17,20,22-23,25,27-28,30-34,36-37,39-48H2,1-3H3/b10-7-,12-9-,18-15-,19-16-,24-21-,29-26-,38-35-. The third kappa shape index (κ3) is 43.7. The number of esters is 3. The van der Waals surface area contributed by atoms with Crippen LogP contribution in [0, 0.1) is 0 Å². The lowest BCUT2D eigenvalue weighted by atomic mass is 10.1. The molecule has 0 saturated carbocycles. The van der Waals surface area contributed by atoms with Gasteiger partial charge < -0.3 is 14.2 Å². The molecule has 0 rings (SSSR count). The van der Waals surface area contributed by atoms with Crippen LogP contribution in [0.25, 0.3) is 0 Å². The van der Waals surface area contributed by atoms with E-state index in [0.717, 1.165) is 96.3 Å². The van der Waals surface area contributed by atoms with Crippen LogP contribution in [0.4, 0.5) is 0 Å². The average molecular weight is 807 g/mol. The van der Waals surface area contributed by atoms with Gasteiger partial charge in [0.2, 0.25) is 0 Å². The largest absolute Gasteiger partial charge is 0.462 e. The molecule has 0 radical (unpaired) electrons. The predicted octanol–water partition coefficient (Wildman–Crippen LogP) is 15.3. The van der Waals surface area contributed by atoms with E-state index in [0.29, 0.717) is 19.3 Å². The number of hydrogen-bond donors (Lipinski definition) is 0. The van der Waals surface area contributed by atoms with Gasteiger partial charge in [0, 0.05) is 19.3 Å². The van der Waals surface area contributed by atoms with Crippen molar-refractivity contribution in [2.75, 3.05) is 13.2 Å². The molecule has 0 fully saturated rings. The molecule has 1 atom stereocenters. The van der Waals surface area contributed by atoms with Crippen LogP contribution in [0.2, 0.25) is 0 Å². The summed E-state index contributed by atoms with van der Waals surface area (Å²) in [5, 5.41) is 0. The van der Waals surface area contributed by atoms with E-state index in [1.807, 2.05) is 12.2 Å². The van der Waals surface area contributed by atoms with Crippen molar-refractivity contribution < 1.29 is 28.6 Å². The fourth-order valence-electron chi connectivity index (χ4n) is 6.18. The van der Waals surface area contributed by atoms with Gasteiger partial charge in [-0.3, -0.25) is 14.4 Å². The number of carbonyl (C=O) groups is 3. The highest BCUT2D eigenvalue weighted by Crippen LogP contribution is 2.13. The van der Waals surface area contributed by atoms with E-state index in [4.69, 9.17) is 14.2 Å². The normalized spacial score (nSPS) is 12.8. The summed E-state index contributed by atoms with van der Waals surface area (Å²) in [5.41, 5.74) is 0. The van der Waals surface area contributed by atoms with Crippen LogP contribution in [0.1, 0.15) is 207 Å². The van der Waals surface area contributed by atoms with Gasteiger partial charge in [0.25, 0.3) is 0 Å². The molecular weight excluding hydrogens is 721 g/mol. The molecule has 0 aromatic heterocycles. The number of unbranched alkanes of at least 4 members (excludes halogenated alkanes) is 18. The van der Waals surface area contributed by atoms with E-state index < -0.39 is 6.10 Å². The lowest BCUT2D eigenvalue weighted by Gasteiger charge is -2.18. The monoisotopic (exact) mass is 807 g/mol. The molecule has 0 aromatic carbocycles. The van der Waals surface area contributed by atoms with Crippen molar-refractivity contribution in [3.63, 3.8) is 0 Å². The molecule has 0 aliphatic carbocycles. The van der Waals surface area contributed by atoms with E-state index in [-0.39, 0.29) is 37.5 Å². The van der Waals surface area contributed by atoms with Crippen LogP contribution < -0.4 is 0 Å². The number of ether oxygens (including phenoxy) is 3. The third-order valence-electron chi connectivity index (χ3n) is 9.69. The molecule has 1 unspecified atom stereocenters. The number of allylic oxidation sites excluding steroid dienone is 14. The zero-order chi connectivity index (χ0) is 42.3. The van der Waals surface area contributed by atoms with Gasteiger partial charge in [0.15, 0.2) is 6.10 Å². The number of rotatable bonds is 41. The summed E-state index contributed by atoms with van der Waals surface area (Å²) in [5.74, 6) is -1.01. The highest BCUT2D eigenvalue weighted by atomic mass is 16.6. The molecule has 6 nitrogen and oxygen atoms in total. The number of carbonyl (C=O) groups excluding carboxylic acids is 3. The van der Waals surface area contributed by atoms with Crippen molar-refractivity contribution >= 4 is 17.9 Å². The first kappa shape index (κ1) is 54.6. The Morgan fingerprint density at radius 3 is 1.33 bits per heavy atom. The van der Waals surface area contributed by atoms with Gasteiger partial charge in [0.05, 0.1) is 0 Å². The minimum absolute atomic E-state index is 0.107. The van der Waals surface area contributed by atoms with E-state index in [1.54, 1.807) is 0 Å². The zero-order valence-electron chi connectivity index (χ0n) is 37.5. The Morgan fingerprint density at radius 1 is 0.379 bits per heavy atom. The van der Waals surface area contributed by atoms with Gasteiger partial charge in [0.1, 0.15) is 13.2 Å². The zero-order valence-corrected chi connectivity index (χ0v) is 37.5. The van der Waals surface area contributed by atoms with Gasteiger partial charge >= 0.3 is 17.9 Å². The summed E-state index contributed by atoms with van der Waals surface area (Å²) in [6.07, 6.45) is 58.6. The van der Waals surface area contributed by atoms with Crippen LogP contribution in [-0.2, 0) is 28.6 Å². The quantitative estimate of drug-likeness (QED) is 0.0201. The van der Waals surface area contributed by atoms with Crippen LogP contribution in [-0.4, -0.2) is 37.2 Å². The highest BCUT2D eigenvalue weighted by Gasteiger charge is 2.19. The molecule has 58 heavy (non-hydrogen) atoms. The summed E-state index contributed by atoms with van der Waals surface area (Å²) in [7, 11) is 0. The van der Waals surface area contributed by atoms with E-state index >= 15 is 0 Å². The van der Waals surface area contributed by atoms with Gasteiger partial charge in [-0.25, -0.2) is 0 Å². The average Bonchev–Trinajstić information content (AvgIpc) is 3.22. The Bertz CT molecular complexity index is 1160. The lowest BCUT2D eigenvalue weighted by molar-refractivity contribution is -0.166. The summed E-state index contributed by atoms with van der Waals surface area (Å²) in [6.45, 7) is 6.29. The molecule has 0 heterocycles. The SMILES string of the molecule is CC\C=C/C=C\C=C/CCCCCCCC(=O)OC(COC(=O)CC/C=C\C/C=C\CCCCCCCC)COC(=O)CCCCCCCCC/C=C\C/C=C\CC. The Kier molecular flexibility index (Phi) is 43.6. The second kappa shape index (κ2) is 46.3. The molecule has 0 bridgehead atoms. The second-order valence-electron chi connectivity index (χ2n) is 15.3.